The maximum atomic E-state index is 12.1. The van der Waals surface area contributed by atoms with E-state index in [9.17, 15) is 13.2 Å². The Morgan fingerprint density at radius 2 is 2.26 bits per heavy atom. The van der Waals surface area contributed by atoms with Gasteiger partial charge in [0.1, 0.15) is 6.04 Å². The summed E-state index contributed by atoms with van der Waals surface area (Å²) < 4.78 is 32.6. The lowest BCUT2D eigenvalue weighted by atomic mass is 10.2. The lowest BCUT2D eigenvalue weighted by Gasteiger charge is -2.23. The van der Waals surface area contributed by atoms with E-state index >= 15 is 0 Å². The van der Waals surface area contributed by atoms with Gasteiger partial charge in [0.2, 0.25) is 0 Å². The lowest BCUT2D eigenvalue weighted by molar-refractivity contribution is -0.146. The zero-order valence-corrected chi connectivity index (χ0v) is 12.1. The summed E-state index contributed by atoms with van der Waals surface area (Å²) >= 11 is 0. The number of aliphatic hydroxyl groups is 1. The van der Waals surface area contributed by atoms with Gasteiger partial charge in [0.05, 0.1) is 6.61 Å². The summed E-state index contributed by atoms with van der Waals surface area (Å²) in [6, 6.07) is -0.734. The van der Waals surface area contributed by atoms with Crippen molar-refractivity contribution in [1.82, 2.24) is 9.03 Å². The van der Waals surface area contributed by atoms with E-state index in [1.165, 1.54) is 0 Å². The molecule has 0 aliphatic carbocycles. The van der Waals surface area contributed by atoms with Crippen LogP contribution in [0.2, 0.25) is 0 Å². The summed E-state index contributed by atoms with van der Waals surface area (Å²) in [5, 5.41) is 8.88. The number of esters is 1. The van der Waals surface area contributed by atoms with E-state index in [0.717, 1.165) is 4.31 Å². The molecule has 1 heterocycles. The zero-order chi connectivity index (χ0) is 14.5. The van der Waals surface area contributed by atoms with E-state index in [2.05, 4.69) is 4.72 Å². The molecule has 1 aliphatic rings. The molecule has 0 spiro atoms. The molecule has 0 amide bonds. The van der Waals surface area contributed by atoms with Crippen LogP contribution in [0.15, 0.2) is 0 Å². The molecule has 19 heavy (non-hydrogen) atoms. The van der Waals surface area contributed by atoms with Crippen LogP contribution in [0.3, 0.4) is 0 Å². The van der Waals surface area contributed by atoms with Crippen LogP contribution in [0.5, 0.6) is 0 Å². The van der Waals surface area contributed by atoms with Gasteiger partial charge in [0, 0.05) is 19.7 Å². The Bertz CT molecular complexity index is 398. The second kappa shape index (κ2) is 7.18. The van der Waals surface area contributed by atoms with Gasteiger partial charge in [-0.05, 0) is 25.7 Å². The number of nitrogens with one attached hydrogen (secondary N) is 1. The lowest BCUT2D eigenvalue weighted by Crippen LogP contribution is -2.48. The number of hydrogen-bond donors (Lipinski definition) is 2. The van der Waals surface area contributed by atoms with E-state index in [4.69, 9.17) is 9.84 Å². The Morgan fingerprint density at radius 3 is 2.84 bits per heavy atom. The summed E-state index contributed by atoms with van der Waals surface area (Å²) in [7, 11) is -3.71. The molecule has 0 saturated carbocycles. The van der Waals surface area contributed by atoms with Gasteiger partial charge in [-0.1, -0.05) is 6.92 Å². The highest BCUT2D eigenvalue weighted by Crippen LogP contribution is 2.21. The van der Waals surface area contributed by atoms with Crippen LogP contribution in [0, 0.1) is 5.92 Å². The maximum Gasteiger partial charge on any atom is 0.324 e. The highest BCUT2D eigenvalue weighted by atomic mass is 32.2. The molecule has 7 nitrogen and oxygen atoms in total. The minimum absolute atomic E-state index is 0.0934. The molecule has 112 valence electrons. The van der Waals surface area contributed by atoms with Crippen LogP contribution in [-0.2, 0) is 19.7 Å². The van der Waals surface area contributed by atoms with Gasteiger partial charge < -0.3 is 9.84 Å². The number of hydrogen-bond acceptors (Lipinski definition) is 5. The monoisotopic (exact) mass is 294 g/mol. The van der Waals surface area contributed by atoms with Gasteiger partial charge in [-0.15, -0.1) is 0 Å². The molecule has 0 aromatic rings. The SMILES string of the molecule is CCOC(=O)C1CCCN1S(=O)(=O)NCC(C)CO. The third-order valence-electron chi connectivity index (χ3n) is 3.00. The fourth-order valence-corrected chi connectivity index (χ4v) is 3.45. The standard InChI is InChI=1S/C11H22N2O5S/c1-3-18-11(15)10-5-4-6-13(10)19(16,17)12-7-9(2)8-14/h9-10,12,14H,3-8H2,1-2H3. The number of carbonyl (C=O) groups is 1. The van der Waals surface area contributed by atoms with Crippen LogP contribution < -0.4 is 4.72 Å². The molecule has 0 radical (unpaired) electrons. The topological polar surface area (TPSA) is 95.9 Å². The van der Waals surface area contributed by atoms with Crippen molar-refractivity contribution in [2.24, 2.45) is 5.92 Å². The second-order valence-corrected chi connectivity index (χ2v) is 6.37. The van der Waals surface area contributed by atoms with E-state index in [-0.39, 0.29) is 25.7 Å². The third kappa shape index (κ3) is 4.41. The van der Waals surface area contributed by atoms with Crippen LogP contribution >= 0.6 is 0 Å². The molecule has 2 N–H and O–H groups in total. The highest BCUT2D eigenvalue weighted by molar-refractivity contribution is 7.87. The Morgan fingerprint density at radius 1 is 1.58 bits per heavy atom. The van der Waals surface area contributed by atoms with Gasteiger partial charge in [-0.3, -0.25) is 4.79 Å². The van der Waals surface area contributed by atoms with Crippen LogP contribution in [0.25, 0.3) is 0 Å². The van der Waals surface area contributed by atoms with Crippen molar-refractivity contribution in [3.05, 3.63) is 0 Å². The summed E-state index contributed by atoms with van der Waals surface area (Å²) in [6.07, 6.45) is 1.12. The van der Waals surface area contributed by atoms with Crippen molar-refractivity contribution in [3.63, 3.8) is 0 Å². The highest BCUT2D eigenvalue weighted by Gasteiger charge is 2.39. The van der Waals surface area contributed by atoms with Gasteiger partial charge >= 0.3 is 5.97 Å². The van der Waals surface area contributed by atoms with Gasteiger partial charge in [-0.2, -0.15) is 12.7 Å². The summed E-state index contributed by atoms with van der Waals surface area (Å²) in [5.74, 6) is -0.668. The van der Waals surface area contributed by atoms with Gasteiger partial charge in [-0.25, -0.2) is 4.72 Å². The quantitative estimate of drug-likeness (QED) is 0.616. The number of ether oxygens (including phenoxy) is 1. The summed E-state index contributed by atoms with van der Waals surface area (Å²) in [4.78, 5) is 11.7. The molecule has 1 aliphatic heterocycles. The summed E-state index contributed by atoms with van der Waals surface area (Å²) in [5.41, 5.74) is 0. The van der Waals surface area contributed by atoms with E-state index in [1.807, 2.05) is 0 Å². The Hall–Kier alpha value is -0.700. The third-order valence-corrected chi connectivity index (χ3v) is 4.58. The van der Waals surface area contributed by atoms with E-state index in [1.54, 1.807) is 13.8 Å². The largest absolute Gasteiger partial charge is 0.465 e. The Labute approximate surface area is 114 Å². The van der Waals surface area contributed by atoms with Crippen LogP contribution in [0.4, 0.5) is 0 Å². The predicted molar refractivity (Wildman–Crippen MR) is 69.5 cm³/mol. The fourth-order valence-electron chi connectivity index (χ4n) is 1.90. The smallest absolute Gasteiger partial charge is 0.324 e. The van der Waals surface area contributed by atoms with Gasteiger partial charge in [0.25, 0.3) is 10.2 Å². The fraction of sp³-hybridized carbons (Fsp3) is 0.909. The van der Waals surface area contributed by atoms with Crippen molar-refractivity contribution in [2.75, 3.05) is 26.3 Å². The molecular weight excluding hydrogens is 272 g/mol. The zero-order valence-electron chi connectivity index (χ0n) is 11.3. The molecule has 1 rings (SSSR count). The van der Waals surface area contributed by atoms with Crippen molar-refractivity contribution >= 4 is 16.2 Å². The average molecular weight is 294 g/mol. The molecule has 2 unspecified atom stereocenters. The molecule has 2 atom stereocenters. The first-order valence-corrected chi connectivity index (χ1v) is 7.90. The molecule has 1 saturated heterocycles. The number of carbonyl (C=O) groups excluding carboxylic acids is 1. The van der Waals surface area contributed by atoms with E-state index in [0.29, 0.717) is 19.4 Å². The van der Waals surface area contributed by atoms with Crippen LogP contribution in [0.1, 0.15) is 26.7 Å². The van der Waals surface area contributed by atoms with Crippen molar-refractivity contribution < 1.29 is 23.1 Å². The van der Waals surface area contributed by atoms with Crippen molar-refractivity contribution in [2.45, 2.75) is 32.7 Å². The molecular formula is C11H22N2O5S. The first-order chi connectivity index (χ1) is 8.92. The molecule has 8 heteroatoms. The average Bonchev–Trinajstić information content (AvgIpc) is 2.86. The minimum Gasteiger partial charge on any atom is -0.465 e. The Balaban J connectivity index is 2.68. The maximum absolute atomic E-state index is 12.1. The minimum atomic E-state index is -3.71. The molecule has 0 aromatic heterocycles. The molecule has 1 fully saturated rings. The van der Waals surface area contributed by atoms with Crippen LogP contribution in [-0.4, -0.2) is 56.1 Å². The summed E-state index contributed by atoms with van der Waals surface area (Å²) in [6.45, 7) is 4.02. The first-order valence-electron chi connectivity index (χ1n) is 6.46. The normalized spacial score (nSPS) is 22.4. The number of nitrogens with zero attached hydrogens (tertiary/aromatic N) is 1. The van der Waals surface area contributed by atoms with Crippen molar-refractivity contribution in [1.29, 1.82) is 0 Å². The first kappa shape index (κ1) is 16.4. The predicted octanol–water partition coefficient (Wildman–Crippen LogP) is -0.523. The van der Waals surface area contributed by atoms with Gasteiger partial charge in [0.15, 0.2) is 0 Å². The Kier molecular flexibility index (Phi) is 6.18. The van der Waals surface area contributed by atoms with Crippen molar-refractivity contribution in [3.8, 4) is 0 Å². The number of aliphatic hydroxyl groups excluding tert-OH is 1. The molecule has 0 bridgehead atoms. The number of rotatable bonds is 7. The molecule has 0 aromatic carbocycles. The second-order valence-electron chi connectivity index (χ2n) is 4.66. The van der Waals surface area contributed by atoms with E-state index < -0.39 is 22.2 Å².